The molecule has 0 fully saturated rings. The summed E-state index contributed by atoms with van der Waals surface area (Å²) in [6.07, 6.45) is -0.226. The second kappa shape index (κ2) is 8.90. The Labute approximate surface area is 161 Å². The molecule has 1 amide bonds. The van der Waals surface area contributed by atoms with Crippen LogP contribution in [0.15, 0.2) is 66.7 Å². The molecule has 0 saturated carbocycles. The van der Waals surface area contributed by atoms with Crippen molar-refractivity contribution in [3.05, 3.63) is 78.1 Å². The summed E-state index contributed by atoms with van der Waals surface area (Å²) in [6, 6.07) is 18.3. The average Bonchev–Trinajstić information content (AvgIpc) is 2.71. The summed E-state index contributed by atoms with van der Waals surface area (Å²) in [5, 5.41) is 4.70. The zero-order valence-corrected chi connectivity index (χ0v) is 15.0. The molecule has 3 rings (SSSR count). The molecule has 1 N–H and O–H groups in total. The van der Waals surface area contributed by atoms with E-state index in [-0.39, 0.29) is 18.6 Å². The smallest absolute Gasteiger partial charge is 0.306 e. The van der Waals surface area contributed by atoms with Crippen LogP contribution < -0.4 is 5.32 Å². The van der Waals surface area contributed by atoms with Crippen molar-refractivity contribution < 1.29 is 23.5 Å². The van der Waals surface area contributed by atoms with Crippen LogP contribution in [0, 0.1) is 5.82 Å². The molecule has 0 aliphatic heterocycles. The van der Waals surface area contributed by atoms with Gasteiger partial charge >= 0.3 is 5.97 Å². The molecule has 0 spiro atoms. The zero-order valence-electron chi connectivity index (χ0n) is 15.0. The number of anilines is 1. The van der Waals surface area contributed by atoms with Crippen molar-refractivity contribution in [1.82, 2.24) is 0 Å². The molecular formula is C22H18FNO4. The number of benzene rings is 3. The highest BCUT2D eigenvalue weighted by molar-refractivity contribution is 5.98. The van der Waals surface area contributed by atoms with Gasteiger partial charge < -0.3 is 10.1 Å². The first-order chi connectivity index (χ1) is 13.5. The molecule has 3 aromatic rings. The number of esters is 1. The van der Waals surface area contributed by atoms with Gasteiger partial charge in [-0.25, -0.2) is 4.39 Å². The zero-order chi connectivity index (χ0) is 19.9. The average molecular weight is 379 g/mol. The highest BCUT2D eigenvalue weighted by Gasteiger charge is 2.12. The maximum atomic E-state index is 12.9. The molecule has 0 unspecified atom stereocenters. The molecule has 0 atom stereocenters. The summed E-state index contributed by atoms with van der Waals surface area (Å²) in [4.78, 5) is 35.6. The second-order valence-electron chi connectivity index (χ2n) is 6.20. The van der Waals surface area contributed by atoms with Gasteiger partial charge in [-0.3, -0.25) is 14.4 Å². The lowest BCUT2D eigenvalue weighted by Crippen LogP contribution is -2.21. The van der Waals surface area contributed by atoms with Crippen LogP contribution in [0.1, 0.15) is 23.2 Å². The van der Waals surface area contributed by atoms with E-state index in [2.05, 4.69) is 5.32 Å². The number of rotatable bonds is 7. The molecule has 0 radical (unpaired) electrons. The largest absolute Gasteiger partial charge is 0.456 e. The molecule has 5 nitrogen and oxygen atoms in total. The molecule has 28 heavy (non-hydrogen) atoms. The van der Waals surface area contributed by atoms with Crippen LogP contribution in [0.4, 0.5) is 10.1 Å². The molecule has 0 heterocycles. The predicted octanol–water partition coefficient (Wildman–Crippen LogP) is 4.12. The number of carbonyl (C=O) groups is 3. The predicted molar refractivity (Wildman–Crippen MR) is 104 cm³/mol. The fraction of sp³-hybridized carbons (Fsp3) is 0.136. The summed E-state index contributed by atoms with van der Waals surface area (Å²) in [5.74, 6) is -1.84. The van der Waals surface area contributed by atoms with E-state index in [4.69, 9.17) is 4.74 Å². The van der Waals surface area contributed by atoms with Crippen LogP contribution >= 0.6 is 0 Å². The minimum absolute atomic E-state index is 0.0727. The van der Waals surface area contributed by atoms with Crippen molar-refractivity contribution in [1.29, 1.82) is 0 Å². The first-order valence-electron chi connectivity index (χ1n) is 8.74. The lowest BCUT2D eigenvalue weighted by molar-refractivity contribution is -0.147. The van der Waals surface area contributed by atoms with E-state index < -0.39 is 24.3 Å². The fourth-order valence-electron chi connectivity index (χ4n) is 2.68. The number of hydrogen-bond donors (Lipinski definition) is 1. The number of ketones is 1. The van der Waals surface area contributed by atoms with Crippen molar-refractivity contribution in [3.8, 4) is 0 Å². The topological polar surface area (TPSA) is 72.5 Å². The molecular weight excluding hydrogens is 361 g/mol. The SMILES string of the molecule is O=C(COC(=O)CCC(=O)c1ccc(F)cc1)Nc1ccc2ccccc2c1. The molecule has 142 valence electrons. The quantitative estimate of drug-likeness (QED) is 0.495. The van der Waals surface area contributed by atoms with Gasteiger partial charge in [0.15, 0.2) is 12.4 Å². The van der Waals surface area contributed by atoms with E-state index in [9.17, 15) is 18.8 Å². The van der Waals surface area contributed by atoms with Crippen molar-refractivity contribution in [2.45, 2.75) is 12.8 Å². The Hall–Kier alpha value is -3.54. The molecule has 0 bridgehead atoms. The van der Waals surface area contributed by atoms with Crippen LogP contribution in [0.3, 0.4) is 0 Å². The van der Waals surface area contributed by atoms with Gasteiger partial charge in [0.2, 0.25) is 0 Å². The molecule has 0 saturated heterocycles. The first kappa shape index (κ1) is 19.2. The number of fused-ring (bicyclic) bond motifs is 1. The maximum absolute atomic E-state index is 12.9. The lowest BCUT2D eigenvalue weighted by Gasteiger charge is -2.08. The Bertz CT molecular complexity index is 1010. The van der Waals surface area contributed by atoms with Gasteiger partial charge in [-0.1, -0.05) is 30.3 Å². The summed E-state index contributed by atoms with van der Waals surface area (Å²) in [5.41, 5.74) is 0.925. The summed E-state index contributed by atoms with van der Waals surface area (Å²) in [6.45, 7) is -0.434. The number of amides is 1. The van der Waals surface area contributed by atoms with E-state index in [0.717, 1.165) is 10.8 Å². The molecule has 3 aromatic carbocycles. The van der Waals surface area contributed by atoms with Crippen LogP contribution in [0.2, 0.25) is 0 Å². The fourth-order valence-corrected chi connectivity index (χ4v) is 2.68. The number of ether oxygens (including phenoxy) is 1. The molecule has 0 aliphatic rings. The van der Waals surface area contributed by atoms with Crippen LogP contribution in [0.5, 0.6) is 0 Å². The van der Waals surface area contributed by atoms with Gasteiger partial charge in [-0.15, -0.1) is 0 Å². The molecule has 6 heteroatoms. The van der Waals surface area contributed by atoms with Crippen LogP contribution in [0.25, 0.3) is 10.8 Å². The minimum Gasteiger partial charge on any atom is -0.456 e. The number of Topliss-reactive ketones (excluding diaryl/α,β-unsaturated/α-hetero) is 1. The van der Waals surface area contributed by atoms with Gasteiger partial charge in [0, 0.05) is 17.7 Å². The van der Waals surface area contributed by atoms with E-state index in [1.165, 1.54) is 24.3 Å². The van der Waals surface area contributed by atoms with E-state index in [1.54, 1.807) is 6.07 Å². The Morgan fingerprint density at radius 3 is 2.32 bits per heavy atom. The standard InChI is InChI=1S/C22H18FNO4/c23-18-8-5-16(6-9-18)20(25)11-12-22(27)28-14-21(26)24-19-10-7-15-3-1-2-4-17(15)13-19/h1-10,13H,11-12,14H2,(H,24,26). The van der Waals surface area contributed by atoms with Crippen LogP contribution in [-0.4, -0.2) is 24.3 Å². The van der Waals surface area contributed by atoms with Gasteiger partial charge in [-0.2, -0.15) is 0 Å². The monoisotopic (exact) mass is 379 g/mol. The highest BCUT2D eigenvalue weighted by Crippen LogP contribution is 2.18. The summed E-state index contributed by atoms with van der Waals surface area (Å²) >= 11 is 0. The summed E-state index contributed by atoms with van der Waals surface area (Å²) in [7, 11) is 0. The maximum Gasteiger partial charge on any atom is 0.306 e. The van der Waals surface area contributed by atoms with Crippen molar-refractivity contribution in [2.24, 2.45) is 0 Å². The highest BCUT2D eigenvalue weighted by atomic mass is 19.1. The van der Waals surface area contributed by atoms with Gasteiger partial charge in [-0.05, 0) is 47.2 Å². The van der Waals surface area contributed by atoms with E-state index in [1.807, 2.05) is 36.4 Å². The number of hydrogen-bond acceptors (Lipinski definition) is 4. The third kappa shape index (κ3) is 5.23. The Kier molecular flexibility index (Phi) is 6.11. The lowest BCUT2D eigenvalue weighted by atomic mass is 10.1. The third-order valence-corrected chi connectivity index (χ3v) is 4.12. The normalized spacial score (nSPS) is 10.5. The number of halogens is 1. The van der Waals surface area contributed by atoms with Gasteiger partial charge in [0.05, 0.1) is 6.42 Å². The molecule has 0 aromatic heterocycles. The number of nitrogens with one attached hydrogen (secondary N) is 1. The molecule has 0 aliphatic carbocycles. The Balaban J connectivity index is 1.43. The van der Waals surface area contributed by atoms with E-state index >= 15 is 0 Å². The van der Waals surface area contributed by atoms with Crippen molar-refractivity contribution in [3.63, 3.8) is 0 Å². The van der Waals surface area contributed by atoms with E-state index in [0.29, 0.717) is 11.3 Å². The second-order valence-corrected chi connectivity index (χ2v) is 6.20. The number of carbonyl (C=O) groups excluding carboxylic acids is 3. The minimum atomic E-state index is -0.649. The van der Waals surface area contributed by atoms with Crippen molar-refractivity contribution >= 4 is 34.1 Å². The Morgan fingerprint density at radius 1 is 0.857 bits per heavy atom. The van der Waals surface area contributed by atoms with Gasteiger partial charge in [0.25, 0.3) is 5.91 Å². The van der Waals surface area contributed by atoms with Gasteiger partial charge in [0.1, 0.15) is 5.82 Å². The Morgan fingerprint density at radius 2 is 1.57 bits per heavy atom. The first-order valence-corrected chi connectivity index (χ1v) is 8.74. The van der Waals surface area contributed by atoms with Crippen LogP contribution in [-0.2, 0) is 14.3 Å². The summed E-state index contributed by atoms with van der Waals surface area (Å²) < 4.78 is 17.8. The van der Waals surface area contributed by atoms with Crippen molar-refractivity contribution in [2.75, 3.05) is 11.9 Å². The third-order valence-electron chi connectivity index (χ3n) is 4.12.